The summed E-state index contributed by atoms with van der Waals surface area (Å²) < 4.78 is 74.4. The third-order valence-corrected chi connectivity index (χ3v) is 5.52. The highest BCUT2D eigenvalue weighted by atomic mass is 19.3. The fourth-order valence-electron chi connectivity index (χ4n) is 3.31. The maximum atomic E-state index is 14.3. The molecule has 1 atom stereocenters. The monoisotopic (exact) mass is 419 g/mol. The Balaban J connectivity index is 1.61. The molecule has 0 amide bonds. The number of halogens is 5. The molecule has 8 heteroatoms. The van der Waals surface area contributed by atoms with Gasteiger partial charge in [-0.25, -0.2) is 13.2 Å². The Hall–Kier alpha value is -1.70. The molecule has 2 aliphatic carbocycles. The van der Waals surface area contributed by atoms with Crippen LogP contribution in [-0.2, 0) is 4.79 Å². The molecule has 0 aromatic heterocycles. The van der Waals surface area contributed by atoms with Crippen LogP contribution < -0.4 is 10.1 Å². The van der Waals surface area contributed by atoms with Crippen LogP contribution in [0.25, 0.3) is 0 Å². The predicted molar refractivity (Wildman–Crippen MR) is 97.6 cm³/mol. The number of nitrogens with one attached hydrogen (secondary N) is 1. The summed E-state index contributed by atoms with van der Waals surface area (Å²) >= 11 is 0. The van der Waals surface area contributed by atoms with Crippen LogP contribution in [0.2, 0.25) is 0 Å². The first kappa shape index (κ1) is 22.0. The summed E-state index contributed by atoms with van der Waals surface area (Å²) in [4.78, 5) is 12.6. The van der Waals surface area contributed by atoms with Gasteiger partial charge in [-0.3, -0.25) is 10.1 Å². The first-order chi connectivity index (χ1) is 13.5. The van der Waals surface area contributed by atoms with Crippen molar-refractivity contribution >= 4 is 5.78 Å². The standard InChI is InChI=1S/C21H26F5NO2/c1-19(8-9-19)12-18(28)17(11-20(23,24)10-14-2-3-14)27-13-21(25,26)29-16-6-4-15(22)5-7-16/h4-7,14,17,27H,2-3,8-13H2,1H3/t17-/m0/s1. The zero-order chi connectivity index (χ0) is 21.3. The van der Waals surface area contributed by atoms with E-state index in [0.717, 1.165) is 49.9 Å². The molecule has 0 bridgehead atoms. The number of alkyl halides is 4. The molecule has 0 unspecified atom stereocenters. The minimum Gasteiger partial charge on any atom is -0.432 e. The van der Waals surface area contributed by atoms with E-state index in [2.05, 4.69) is 10.1 Å². The van der Waals surface area contributed by atoms with Crippen molar-refractivity contribution in [2.45, 2.75) is 69.9 Å². The zero-order valence-corrected chi connectivity index (χ0v) is 16.3. The van der Waals surface area contributed by atoms with E-state index in [1.54, 1.807) is 0 Å². The van der Waals surface area contributed by atoms with Gasteiger partial charge >= 0.3 is 6.11 Å². The summed E-state index contributed by atoms with van der Waals surface area (Å²) in [5.41, 5.74) is -0.212. The largest absolute Gasteiger partial charge is 0.432 e. The van der Waals surface area contributed by atoms with E-state index in [4.69, 9.17) is 0 Å². The summed E-state index contributed by atoms with van der Waals surface area (Å²) in [6.45, 7) is 0.785. The summed E-state index contributed by atoms with van der Waals surface area (Å²) in [5.74, 6) is -4.48. The number of carbonyl (C=O) groups is 1. The number of carbonyl (C=O) groups excluding carboxylic acids is 1. The molecule has 3 rings (SSSR count). The summed E-state index contributed by atoms with van der Waals surface area (Å²) in [5, 5.41) is 2.31. The van der Waals surface area contributed by atoms with Crippen molar-refractivity contribution in [2.24, 2.45) is 11.3 Å². The summed E-state index contributed by atoms with van der Waals surface area (Å²) in [6.07, 6.45) is -1.64. The van der Waals surface area contributed by atoms with E-state index < -0.39 is 42.6 Å². The van der Waals surface area contributed by atoms with Crippen LogP contribution in [0.4, 0.5) is 22.0 Å². The number of ketones is 1. The fourth-order valence-corrected chi connectivity index (χ4v) is 3.31. The molecule has 3 nitrogen and oxygen atoms in total. The molecule has 1 aromatic carbocycles. The van der Waals surface area contributed by atoms with Gasteiger partial charge in [0.2, 0.25) is 5.92 Å². The van der Waals surface area contributed by atoms with Crippen molar-refractivity contribution in [1.82, 2.24) is 5.32 Å². The minimum atomic E-state index is -3.74. The molecule has 0 aliphatic heterocycles. The quantitative estimate of drug-likeness (QED) is 0.465. The molecule has 0 spiro atoms. The lowest BCUT2D eigenvalue weighted by Gasteiger charge is -2.26. The Morgan fingerprint density at radius 1 is 1.21 bits per heavy atom. The van der Waals surface area contributed by atoms with E-state index in [1.165, 1.54) is 0 Å². The molecule has 2 saturated carbocycles. The van der Waals surface area contributed by atoms with Crippen molar-refractivity contribution in [3.05, 3.63) is 30.1 Å². The van der Waals surface area contributed by atoms with Gasteiger partial charge in [0.15, 0.2) is 5.78 Å². The Kier molecular flexibility index (Phi) is 6.22. The van der Waals surface area contributed by atoms with Crippen LogP contribution in [0.1, 0.15) is 51.9 Å². The van der Waals surface area contributed by atoms with Gasteiger partial charge < -0.3 is 4.74 Å². The van der Waals surface area contributed by atoms with Crippen molar-refractivity contribution in [1.29, 1.82) is 0 Å². The Labute approximate surface area is 167 Å². The average Bonchev–Trinajstić information content (AvgIpc) is 3.53. The maximum absolute atomic E-state index is 14.3. The summed E-state index contributed by atoms with van der Waals surface area (Å²) in [6, 6.07) is 2.66. The summed E-state index contributed by atoms with van der Waals surface area (Å²) in [7, 11) is 0. The molecule has 29 heavy (non-hydrogen) atoms. The van der Waals surface area contributed by atoms with Gasteiger partial charge in [-0.15, -0.1) is 0 Å². The van der Waals surface area contributed by atoms with E-state index in [0.29, 0.717) is 0 Å². The number of Topliss-reactive ketones (excluding diaryl/α,β-unsaturated/α-hetero) is 1. The van der Waals surface area contributed by atoms with Crippen molar-refractivity contribution in [3.8, 4) is 5.75 Å². The fraction of sp³-hybridized carbons (Fsp3) is 0.667. The van der Waals surface area contributed by atoms with E-state index in [-0.39, 0.29) is 29.9 Å². The van der Waals surface area contributed by atoms with Gasteiger partial charge in [0, 0.05) is 19.3 Å². The highest BCUT2D eigenvalue weighted by Gasteiger charge is 2.45. The van der Waals surface area contributed by atoms with E-state index in [9.17, 15) is 26.7 Å². The van der Waals surface area contributed by atoms with Crippen LogP contribution >= 0.6 is 0 Å². The number of hydrogen-bond acceptors (Lipinski definition) is 3. The molecule has 0 radical (unpaired) electrons. The van der Waals surface area contributed by atoms with Gasteiger partial charge in [0.1, 0.15) is 18.1 Å². The lowest BCUT2D eigenvalue weighted by molar-refractivity contribution is -0.174. The van der Waals surface area contributed by atoms with Gasteiger partial charge in [-0.1, -0.05) is 6.92 Å². The Bertz CT molecular complexity index is 714. The second kappa shape index (κ2) is 8.20. The number of ether oxygens (including phenoxy) is 1. The van der Waals surface area contributed by atoms with Crippen LogP contribution in [0.3, 0.4) is 0 Å². The Morgan fingerprint density at radius 3 is 2.38 bits per heavy atom. The average molecular weight is 419 g/mol. The lowest BCUT2D eigenvalue weighted by Crippen LogP contribution is -2.48. The van der Waals surface area contributed by atoms with Gasteiger partial charge in [-0.05, 0) is 61.3 Å². The van der Waals surface area contributed by atoms with Crippen molar-refractivity contribution in [3.63, 3.8) is 0 Å². The normalized spacial score (nSPS) is 19.7. The molecule has 162 valence electrons. The molecule has 1 N–H and O–H groups in total. The second-order valence-corrected chi connectivity index (χ2v) is 8.79. The number of rotatable bonds is 12. The topological polar surface area (TPSA) is 38.3 Å². The molecular weight excluding hydrogens is 393 g/mol. The maximum Gasteiger partial charge on any atom is 0.410 e. The molecule has 2 fully saturated rings. The first-order valence-electron chi connectivity index (χ1n) is 9.92. The van der Waals surface area contributed by atoms with Gasteiger partial charge in [0.05, 0.1) is 6.04 Å². The highest BCUT2D eigenvalue weighted by molar-refractivity contribution is 5.85. The molecule has 2 aliphatic rings. The molecule has 0 heterocycles. The predicted octanol–water partition coefficient (Wildman–Crippen LogP) is 5.34. The first-order valence-corrected chi connectivity index (χ1v) is 9.92. The highest BCUT2D eigenvalue weighted by Crippen LogP contribution is 2.49. The second-order valence-electron chi connectivity index (χ2n) is 8.79. The lowest BCUT2D eigenvalue weighted by atomic mass is 9.93. The van der Waals surface area contributed by atoms with Gasteiger partial charge in [-0.2, -0.15) is 8.78 Å². The molecular formula is C21H26F5NO2. The van der Waals surface area contributed by atoms with Crippen LogP contribution in [0.15, 0.2) is 24.3 Å². The van der Waals surface area contributed by atoms with Crippen LogP contribution in [0, 0.1) is 17.2 Å². The van der Waals surface area contributed by atoms with Gasteiger partial charge in [0.25, 0.3) is 0 Å². The Morgan fingerprint density at radius 2 is 1.83 bits per heavy atom. The SMILES string of the molecule is CC1(CC(=O)[C@H](CC(F)(F)CC2CC2)NCC(F)(F)Oc2ccc(F)cc2)CC1. The van der Waals surface area contributed by atoms with E-state index in [1.807, 2.05) is 6.92 Å². The number of benzene rings is 1. The van der Waals surface area contributed by atoms with Crippen molar-refractivity contribution in [2.75, 3.05) is 6.54 Å². The molecule has 1 aromatic rings. The smallest absolute Gasteiger partial charge is 0.410 e. The van der Waals surface area contributed by atoms with Crippen LogP contribution in [-0.4, -0.2) is 30.4 Å². The number of hydrogen-bond donors (Lipinski definition) is 1. The third kappa shape index (κ3) is 7.24. The third-order valence-electron chi connectivity index (χ3n) is 5.52. The van der Waals surface area contributed by atoms with Crippen LogP contribution in [0.5, 0.6) is 5.75 Å². The van der Waals surface area contributed by atoms with Crippen molar-refractivity contribution < 1.29 is 31.5 Å². The zero-order valence-electron chi connectivity index (χ0n) is 16.3. The molecule has 0 saturated heterocycles. The van der Waals surface area contributed by atoms with E-state index >= 15 is 0 Å². The minimum absolute atomic E-state index is 0.0510.